The van der Waals surface area contributed by atoms with E-state index in [2.05, 4.69) is 23.9 Å². The van der Waals surface area contributed by atoms with Crippen LogP contribution in [-0.2, 0) is 0 Å². The molecule has 1 aromatic carbocycles. The molecule has 21 heavy (non-hydrogen) atoms. The molecule has 1 rings (SSSR count). The molecule has 0 radical (unpaired) electrons. The van der Waals surface area contributed by atoms with Gasteiger partial charge < -0.3 is 14.8 Å². The van der Waals surface area contributed by atoms with Crippen LogP contribution in [0.3, 0.4) is 0 Å². The van der Waals surface area contributed by atoms with Crippen LogP contribution in [0.1, 0.15) is 26.3 Å². The third-order valence-corrected chi connectivity index (χ3v) is 3.10. The zero-order valence-corrected chi connectivity index (χ0v) is 13.0. The summed E-state index contributed by atoms with van der Waals surface area (Å²) in [5.41, 5.74) is 1.71. The highest BCUT2D eigenvalue weighted by Crippen LogP contribution is 2.34. The Morgan fingerprint density at radius 2 is 2.05 bits per heavy atom. The topological polar surface area (TPSA) is 30.5 Å². The number of ether oxygens (including phenoxy) is 2. The minimum Gasteiger partial charge on any atom is -0.493 e. The van der Waals surface area contributed by atoms with Gasteiger partial charge in [0.25, 0.3) is 0 Å². The second kappa shape index (κ2) is 8.62. The quantitative estimate of drug-likeness (QED) is 0.788. The number of likely N-dealkylation sites (N-methyl/N-ethyl adjacent to an activating group) is 1. The van der Waals surface area contributed by atoms with Gasteiger partial charge in [-0.3, -0.25) is 0 Å². The number of rotatable bonds is 8. The first-order chi connectivity index (χ1) is 9.99. The van der Waals surface area contributed by atoms with Crippen molar-refractivity contribution in [2.24, 2.45) is 5.92 Å². The highest BCUT2D eigenvalue weighted by atomic mass is 19.3. The summed E-state index contributed by atoms with van der Waals surface area (Å²) in [6, 6.07) is 5.11. The Kier molecular flexibility index (Phi) is 7.15. The van der Waals surface area contributed by atoms with Crippen LogP contribution in [0.25, 0.3) is 6.08 Å². The molecular weight excluding hydrogens is 276 g/mol. The summed E-state index contributed by atoms with van der Waals surface area (Å²) in [6.07, 6.45) is 1.88. The molecule has 0 aliphatic heterocycles. The van der Waals surface area contributed by atoms with Gasteiger partial charge in [-0.05, 0) is 18.5 Å². The molecule has 5 heteroatoms. The van der Waals surface area contributed by atoms with E-state index >= 15 is 0 Å². The van der Waals surface area contributed by atoms with Gasteiger partial charge in [-0.15, -0.1) is 0 Å². The zero-order valence-electron chi connectivity index (χ0n) is 13.0. The predicted molar refractivity (Wildman–Crippen MR) is 81.0 cm³/mol. The summed E-state index contributed by atoms with van der Waals surface area (Å²) in [5, 5.41) is 3.25. The average molecular weight is 299 g/mol. The summed E-state index contributed by atoms with van der Waals surface area (Å²) < 4.78 is 34.9. The number of benzene rings is 1. The van der Waals surface area contributed by atoms with Crippen molar-refractivity contribution in [1.29, 1.82) is 0 Å². The largest absolute Gasteiger partial charge is 0.493 e. The molecule has 3 nitrogen and oxygen atoms in total. The van der Waals surface area contributed by atoms with E-state index in [-0.39, 0.29) is 5.75 Å². The molecule has 0 bridgehead atoms. The van der Waals surface area contributed by atoms with Crippen LogP contribution < -0.4 is 14.8 Å². The summed E-state index contributed by atoms with van der Waals surface area (Å²) in [4.78, 5) is 0. The molecule has 0 saturated heterocycles. The van der Waals surface area contributed by atoms with Gasteiger partial charge in [0, 0.05) is 12.1 Å². The first-order valence-electron chi connectivity index (χ1n) is 7.02. The van der Waals surface area contributed by atoms with Gasteiger partial charge in [0.2, 0.25) is 0 Å². The summed E-state index contributed by atoms with van der Waals surface area (Å²) in [6.45, 7) is 4.83. The SMILES string of the molecule is CCNCC(=Cc1cccc(OC)c1OC(F)F)C(C)C. The Hall–Kier alpha value is -1.62. The number of halogens is 2. The highest BCUT2D eigenvalue weighted by molar-refractivity contribution is 5.64. The number of para-hydroxylation sites is 1. The van der Waals surface area contributed by atoms with Gasteiger partial charge in [0.15, 0.2) is 11.5 Å². The normalized spacial score (nSPS) is 12.1. The first-order valence-corrected chi connectivity index (χ1v) is 7.02. The molecule has 0 spiro atoms. The fraction of sp³-hybridized carbons (Fsp3) is 0.500. The molecule has 0 atom stereocenters. The Morgan fingerprint density at radius 3 is 2.57 bits per heavy atom. The van der Waals surface area contributed by atoms with Gasteiger partial charge in [0.1, 0.15) is 0 Å². The van der Waals surface area contributed by atoms with Crippen LogP contribution in [0, 0.1) is 5.92 Å². The Bertz CT molecular complexity index is 473. The van der Waals surface area contributed by atoms with Gasteiger partial charge in [0.05, 0.1) is 7.11 Å². The van der Waals surface area contributed by atoms with Crippen LogP contribution in [0.15, 0.2) is 23.8 Å². The van der Waals surface area contributed by atoms with Crippen LogP contribution >= 0.6 is 0 Å². The zero-order chi connectivity index (χ0) is 15.8. The molecule has 0 fully saturated rings. The van der Waals surface area contributed by atoms with E-state index in [9.17, 15) is 8.78 Å². The molecule has 0 aliphatic rings. The van der Waals surface area contributed by atoms with E-state index in [1.54, 1.807) is 18.2 Å². The third kappa shape index (κ3) is 5.34. The minimum absolute atomic E-state index is 0.0737. The Labute approximate surface area is 124 Å². The maximum absolute atomic E-state index is 12.6. The highest BCUT2D eigenvalue weighted by Gasteiger charge is 2.15. The lowest BCUT2D eigenvalue weighted by atomic mass is 9.99. The van der Waals surface area contributed by atoms with E-state index in [1.165, 1.54) is 7.11 Å². The van der Waals surface area contributed by atoms with E-state index in [0.29, 0.717) is 23.8 Å². The van der Waals surface area contributed by atoms with Crippen molar-refractivity contribution >= 4 is 6.08 Å². The second-order valence-electron chi connectivity index (χ2n) is 4.91. The Morgan fingerprint density at radius 1 is 1.33 bits per heavy atom. The molecule has 0 aliphatic carbocycles. The number of hydrogen-bond donors (Lipinski definition) is 1. The molecule has 0 heterocycles. The van der Waals surface area contributed by atoms with Crippen molar-refractivity contribution in [1.82, 2.24) is 5.32 Å². The molecule has 0 unspecified atom stereocenters. The van der Waals surface area contributed by atoms with Gasteiger partial charge in [-0.25, -0.2) is 0 Å². The lowest BCUT2D eigenvalue weighted by Crippen LogP contribution is -2.18. The van der Waals surface area contributed by atoms with E-state index in [0.717, 1.165) is 12.1 Å². The summed E-state index contributed by atoms with van der Waals surface area (Å²) >= 11 is 0. The molecule has 118 valence electrons. The van der Waals surface area contributed by atoms with Crippen LogP contribution in [0.4, 0.5) is 8.78 Å². The maximum Gasteiger partial charge on any atom is 0.387 e. The van der Waals surface area contributed by atoms with Crippen molar-refractivity contribution in [3.8, 4) is 11.5 Å². The maximum atomic E-state index is 12.6. The van der Waals surface area contributed by atoms with Crippen LogP contribution in [-0.4, -0.2) is 26.8 Å². The predicted octanol–water partition coefficient (Wildman–Crippen LogP) is 3.95. The van der Waals surface area contributed by atoms with Crippen molar-refractivity contribution in [2.45, 2.75) is 27.4 Å². The monoisotopic (exact) mass is 299 g/mol. The van der Waals surface area contributed by atoms with Gasteiger partial charge >= 0.3 is 6.61 Å². The lowest BCUT2D eigenvalue weighted by molar-refractivity contribution is -0.0513. The fourth-order valence-corrected chi connectivity index (χ4v) is 1.91. The van der Waals surface area contributed by atoms with Gasteiger partial charge in [-0.1, -0.05) is 44.6 Å². The second-order valence-corrected chi connectivity index (χ2v) is 4.91. The molecule has 0 saturated carbocycles. The van der Waals surface area contributed by atoms with Crippen molar-refractivity contribution in [3.05, 3.63) is 29.3 Å². The molecule has 1 N–H and O–H groups in total. The van der Waals surface area contributed by atoms with Crippen molar-refractivity contribution < 1.29 is 18.3 Å². The molecule has 1 aromatic rings. The Balaban J connectivity index is 3.19. The lowest BCUT2D eigenvalue weighted by Gasteiger charge is -2.16. The number of nitrogens with one attached hydrogen (secondary N) is 1. The van der Waals surface area contributed by atoms with Gasteiger partial charge in [-0.2, -0.15) is 8.78 Å². The minimum atomic E-state index is -2.88. The standard InChI is InChI=1S/C16H23F2NO2/c1-5-19-10-13(11(2)3)9-12-7-6-8-14(20-4)15(12)21-16(17)18/h6-9,11,16,19H,5,10H2,1-4H3. The fourth-order valence-electron chi connectivity index (χ4n) is 1.91. The third-order valence-electron chi connectivity index (χ3n) is 3.10. The smallest absolute Gasteiger partial charge is 0.387 e. The molecular formula is C16H23F2NO2. The number of hydrogen-bond acceptors (Lipinski definition) is 3. The van der Waals surface area contributed by atoms with Crippen LogP contribution in [0.2, 0.25) is 0 Å². The summed E-state index contributed by atoms with van der Waals surface area (Å²) in [5.74, 6) is 0.676. The van der Waals surface area contributed by atoms with E-state index < -0.39 is 6.61 Å². The van der Waals surface area contributed by atoms with E-state index in [1.807, 2.05) is 13.0 Å². The van der Waals surface area contributed by atoms with Crippen LogP contribution in [0.5, 0.6) is 11.5 Å². The van der Waals surface area contributed by atoms with E-state index in [4.69, 9.17) is 4.74 Å². The molecule has 0 aromatic heterocycles. The number of alkyl halides is 2. The molecule has 0 amide bonds. The first kappa shape index (κ1) is 17.4. The number of methoxy groups -OCH3 is 1. The van der Waals surface area contributed by atoms with Crippen molar-refractivity contribution in [3.63, 3.8) is 0 Å². The van der Waals surface area contributed by atoms with Crippen molar-refractivity contribution in [2.75, 3.05) is 20.2 Å². The average Bonchev–Trinajstić information content (AvgIpc) is 2.43. The summed E-state index contributed by atoms with van der Waals surface area (Å²) in [7, 11) is 1.43.